The van der Waals surface area contributed by atoms with Crippen LogP contribution in [0.3, 0.4) is 0 Å². The van der Waals surface area contributed by atoms with Gasteiger partial charge in [0, 0.05) is 0 Å². The molecule has 2 aliphatic carbocycles. The molecule has 0 aromatic rings. The molecule has 0 aromatic carbocycles. The molecule has 0 amide bonds. The van der Waals surface area contributed by atoms with Crippen LogP contribution in [0.2, 0.25) is 0 Å². The van der Waals surface area contributed by atoms with E-state index in [2.05, 4.69) is 38.2 Å². The van der Waals surface area contributed by atoms with Crippen molar-refractivity contribution in [3.8, 4) is 0 Å². The molecule has 0 aliphatic heterocycles. The van der Waals surface area contributed by atoms with Crippen molar-refractivity contribution in [1.82, 2.24) is 0 Å². The molecule has 0 spiro atoms. The van der Waals surface area contributed by atoms with Gasteiger partial charge in [-0.15, -0.1) is 0 Å². The Morgan fingerprint density at radius 3 is 1.79 bits per heavy atom. The Hall–Kier alpha value is -0.170. The summed E-state index contributed by atoms with van der Waals surface area (Å²) < 4.78 is 3.78. The number of hydrogen-bond donors (Lipinski definition) is 0. The van der Waals surface area contributed by atoms with E-state index in [4.69, 9.17) is 0 Å². The van der Waals surface area contributed by atoms with E-state index < -0.39 is 22.9 Å². The Balaban J connectivity index is 0.00000200. The predicted octanol–water partition coefficient (Wildman–Crippen LogP) is 6.10. The molecular formula is C18H28Hf-2. The third kappa shape index (κ3) is 4.41. The van der Waals surface area contributed by atoms with Crippen molar-refractivity contribution in [2.24, 2.45) is 0 Å². The van der Waals surface area contributed by atoms with Crippen LogP contribution in [0.25, 0.3) is 0 Å². The van der Waals surface area contributed by atoms with Crippen molar-refractivity contribution in [3.63, 3.8) is 0 Å². The maximum absolute atomic E-state index is 2.42. The molecule has 0 atom stereocenters. The summed E-state index contributed by atoms with van der Waals surface area (Å²) in [7, 11) is 0. The van der Waals surface area contributed by atoms with Crippen LogP contribution in [0.1, 0.15) is 68.1 Å². The Bertz CT molecular complexity index is 390. The Morgan fingerprint density at radius 2 is 1.37 bits per heavy atom. The van der Waals surface area contributed by atoms with Crippen molar-refractivity contribution < 1.29 is 25.8 Å². The molecule has 0 fully saturated rings. The third-order valence-electron chi connectivity index (χ3n) is 3.96. The molecule has 2 aliphatic rings. The first kappa shape index (κ1) is 15.2. The quantitative estimate of drug-likeness (QED) is 0.414. The summed E-state index contributed by atoms with van der Waals surface area (Å²) in [6.07, 6.45) is 20.3. The van der Waals surface area contributed by atoms with Gasteiger partial charge in [-0.2, -0.15) is 0 Å². The van der Waals surface area contributed by atoms with Gasteiger partial charge in [-0.05, 0) is 0 Å². The molecule has 0 saturated heterocycles. The van der Waals surface area contributed by atoms with E-state index in [0.29, 0.717) is 0 Å². The summed E-state index contributed by atoms with van der Waals surface area (Å²) in [6, 6.07) is 0. The Morgan fingerprint density at radius 1 is 0.895 bits per heavy atom. The van der Waals surface area contributed by atoms with Crippen molar-refractivity contribution >= 4 is 0 Å². The van der Waals surface area contributed by atoms with Crippen LogP contribution in [-0.2, 0) is 22.9 Å². The normalized spacial score (nSPS) is 18.0. The minimum atomic E-state index is -0.707. The van der Waals surface area contributed by atoms with Gasteiger partial charge in [0.05, 0.1) is 0 Å². The summed E-state index contributed by atoms with van der Waals surface area (Å²) in [5.41, 5.74) is 3.44. The van der Waals surface area contributed by atoms with E-state index in [0.717, 1.165) is 0 Å². The fourth-order valence-corrected chi connectivity index (χ4v) is 8.29. The van der Waals surface area contributed by atoms with Gasteiger partial charge in [0.1, 0.15) is 0 Å². The third-order valence-corrected chi connectivity index (χ3v) is 9.90. The monoisotopic (exact) mass is 424 g/mol. The average Bonchev–Trinajstić information content (AvgIpc) is 3.04. The van der Waals surface area contributed by atoms with Gasteiger partial charge in [0.25, 0.3) is 0 Å². The maximum atomic E-state index is 2.42. The molecule has 0 bridgehead atoms. The van der Waals surface area contributed by atoms with Crippen LogP contribution in [0.5, 0.6) is 0 Å². The molecule has 106 valence electrons. The second-order valence-corrected chi connectivity index (χ2v) is 10.8. The number of rotatable bonds is 8. The first-order valence-electron chi connectivity index (χ1n) is 7.89. The fourth-order valence-electron chi connectivity index (χ4n) is 2.75. The zero-order chi connectivity index (χ0) is 13.5. The maximum Gasteiger partial charge on any atom is -1.00 e. The van der Waals surface area contributed by atoms with Gasteiger partial charge < -0.3 is 2.85 Å². The van der Waals surface area contributed by atoms with Crippen LogP contribution < -0.4 is 0 Å². The zero-order valence-electron chi connectivity index (χ0n) is 14.5. The molecule has 19 heavy (non-hydrogen) atoms. The largest absolute Gasteiger partial charge is 1.00 e. The van der Waals surface area contributed by atoms with Crippen LogP contribution in [-0.4, -0.2) is 0 Å². The van der Waals surface area contributed by atoms with Gasteiger partial charge in [-0.25, -0.2) is 0 Å². The fraction of sp³-hybridized carbons (Fsp3) is 0.556. The van der Waals surface area contributed by atoms with Gasteiger partial charge in [0.15, 0.2) is 0 Å². The van der Waals surface area contributed by atoms with Gasteiger partial charge in [0.2, 0.25) is 0 Å². The number of unbranched alkanes of at least 4 members (excludes halogenated alkanes) is 2. The second-order valence-electron chi connectivity index (χ2n) is 5.55. The van der Waals surface area contributed by atoms with Crippen LogP contribution in [0.15, 0.2) is 42.1 Å². The second kappa shape index (κ2) is 8.19. The van der Waals surface area contributed by atoms with Crippen molar-refractivity contribution in [2.45, 2.75) is 65.2 Å². The minimum absolute atomic E-state index is 0. The number of allylic oxidation sites excluding steroid dienone is 8. The standard InChI is InChI=1S/2C9H13.Hf.2H/c2*1-2-3-6-9-7-4-5-8-9;;;/h2*4,7H,2-3,5-6H2,1H3;;;/q;;;2*-1. The smallest absolute Gasteiger partial charge is 1.00 e. The van der Waals surface area contributed by atoms with Crippen LogP contribution in [0.4, 0.5) is 0 Å². The topological polar surface area (TPSA) is 0 Å². The average molecular weight is 423 g/mol. The summed E-state index contributed by atoms with van der Waals surface area (Å²) >= 11 is -0.707. The molecule has 2 rings (SSSR count). The van der Waals surface area contributed by atoms with E-state index in [1.54, 1.807) is 11.1 Å². The minimum Gasteiger partial charge on any atom is -1.00 e. The van der Waals surface area contributed by atoms with E-state index in [1.165, 1.54) is 51.4 Å². The van der Waals surface area contributed by atoms with Crippen molar-refractivity contribution in [3.05, 3.63) is 42.1 Å². The predicted molar refractivity (Wildman–Crippen MR) is 82.8 cm³/mol. The van der Waals surface area contributed by atoms with E-state index in [-0.39, 0.29) is 2.85 Å². The molecule has 0 radical (unpaired) electrons. The van der Waals surface area contributed by atoms with E-state index in [9.17, 15) is 0 Å². The van der Waals surface area contributed by atoms with Crippen LogP contribution >= 0.6 is 0 Å². The van der Waals surface area contributed by atoms with Crippen molar-refractivity contribution in [2.75, 3.05) is 0 Å². The first-order chi connectivity index (χ1) is 9.35. The van der Waals surface area contributed by atoms with E-state index >= 15 is 0 Å². The van der Waals surface area contributed by atoms with Gasteiger partial charge >= 0.3 is 130 Å². The summed E-state index contributed by atoms with van der Waals surface area (Å²) in [6.45, 7) is 4.60. The Kier molecular flexibility index (Phi) is 6.56. The molecule has 0 N–H and O–H groups in total. The van der Waals surface area contributed by atoms with Crippen LogP contribution in [0, 0.1) is 0 Å². The molecule has 0 aromatic heterocycles. The summed E-state index contributed by atoms with van der Waals surface area (Å²) in [5, 5.41) is 0. The zero-order valence-corrected chi connectivity index (χ0v) is 16.1. The van der Waals surface area contributed by atoms with Gasteiger partial charge in [-0.1, -0.05) is 0 Å². The molecule has 0 heterocycles. The molecule has 0 saturated carbocycles. The number of hydrogen-bond acceptors (Lipinski definition) is 0. The molecule has 0 nitrogen and oxygen atoms in total. The van der Waals surface area contributed by atoms with Crippen molar-refractivity contribution in [1.29, 1.82) is 0 Å². The summed E-state index contributed by atoms with van der Waals surface area (Å²) in [4.78, 5) is 0. The van der Waals surface area contributed by atoms with Gasteiger partial charge in [-0.3, -0.25) is 0 Å². The SMILES string of the molecule is CCCCC1=[C]([Hf][C]2=C(CCCC)C=CC2)CC=C1.[H-].[H-]. The molecule has 0 unspecified atom stereocenters. The van der Waals surface area contributed by atoms with E-state index in [1.807, 2.05) is 6.66 Å². The first-order valence-corrected chi connectivity index (χ1v) is 11.5. The summed E-state index contributed by atoms with van der Waals surface area (Å²) in [5.74, 6) is 0. The Labute approximate surface area is 133 Å². The molecule has 1 heteroatoms. The molecular weight excluding hydrogens is 395 g/mol.